The van der Waals surface area contributed by atoms with Crippen molar-refractivity contribution < 1.29 is 18.3 Å². The summed E-state index contributed by atoms with van der Waals surface area (Å²) in [6.07, 6.45) is -2.92. The predicted octanol–water partition coefficient (Wildman–Crippen LogP) is 3.13. The van der Waals surface area contributed by atoms with Crippen LogP contribution in [0.25, 0.3) is 0 Å². The van der Waals surface area contributed by atoms with E-state index in [1.54, 1.807) is 0 Å². The number of esters is 1. The molecule has 7 heteroatoms. The number of rotatable bonds is 4. The maximum absolute atomic E-state index is 12.7. The maximum atomic E-state index is 12.7. The molecule has 0 bridgehead atoms. The van der Waals surface area contributed by atoms with Crippen LogP contribution in [0, 0.1) is 0 Å². The largest absolute Gasteiger partial charge is 0.469 e. The second-order valence-electron chi connectivity index (χ2n) is 3.16. The van der Waals surface area contributed by atoms with E-state index in [9.17, 15) is 13.6 Å². The van der Waals surface area contributed by atoms with Gasteiger partial charge in [-0.25, -0.2) is 13.8 Å². The van der Waals surface area contributed by atoms with Crippen molar-refractivity contribution in [2.45, 2.75) is 18.7 Å². The molecule has 1 aromatic rings. The molecule has 0 fully saturated rings. The minimum absolute atomic E-state index is 0.0142. The number of pyridine rings is 1. The quantitative estimate of drug-likeness (QED) is 0.484. The number of hydrogen-bond acceptors (Lipinski definition) is 3. The lowest BCUT2D eigenvalue weighted by Gasteiger charge is -2.09. The van der Waals surface area contributed by atoms with E-state index in [1.165, 1.54) is 7.11 Å². The molecule has 3 nitrogen and oxygen atoms in total. The Bertz CT molecular complexity index is 427. The summed E-state index contributed by atoms with van der Waals surface area (Å²) in [6.45, 7) is 0. The molecule has 0 spiro atoms. The number of aromatic nitrogens is 1. The number of carbonyl (C=O) groups excluding carboxylic acids is 1. The molecule has 0 aromatic carbocycles. The van der Waals surface area contributed by atoms with Gasteiger partial charge in [0.2, 0.25) is 0 Å². The molecule has 0 saturated carbocycles. The van der Waals surface area contributed by atoms with Crippen molar-refractivity contribution in [3.63, 3.8) is 0 Å². The fraction of sp³-hybridized carbons (Fsp3) is 0.400. The van der Waals surface area contributed by atoms with E-state index in [4.69, 9.17) is 23.2 Å². The molecule has 0 aliphatic rings. The molecule has 0 aliphatic carbocycles. The maximum Gasteiger partial charge on any atom is 0.310 e. The first kappa shape index (κ1) is 14.1. The average Bonchev–Trinajstić information content (AvgIpc) is 2.30. The van der Waals surface area contributed by atoms with E-state index in [0.29, 0.717) is 0 Å². The summed E-state index contributed by atoms with van der Waals surface area (Å²) >= 11 is 11.3. The third-order valence-electron chi connectivity index (χ3n) is 2.09. The van der Waals surface area contributed by atoms with Crippen molar-refractivity contribution in [2.75, 3.05) is 7.11 Å². The molecule has 1 aromatic heterocycles. The van der Waals surface area contributed by atoms with Crippen molar-refractivity contribution in [3.8, 4) is 0 Å². The van der Waals surface area contributed by atoms with Gasteiger partial charge in [-0.05, 0) is 6.07 Å². The van der Waals surface area contributed by atoms with Gasteiger partial charge in [-0.1, -0.05) is 11.6 Å². The van der Waals surface area contributed by atoms with Gasteiger partial charge in [-0.15, -0.1) is 11.6 Å². The minimum atomic E-state index is -2.72. The zero-order valence-electron chi connectivity index (χ0n) is 8.84. The highest BCUT2D eigenvalue weighted by molar-refractivity contribution is 6.30. The van der Waals surface area contributed by atoms with Crippen LogP contribution in [0.1, 0.15) is 23.2 Å². The normalized spacial score (nSPS) is 10.7. The van der Waals surface area contributed by atoms with E-state index in [1.807, 2.05) is 0 Å². The monoisotopic (exact) mass is 283 g/mol. The molecule has 0 amide bonds. The number of halogens is 4. The fourth-order valence-electron chi connectivity index (χ4n) is 1.23. The van der Waals surface area contributed by atoms with Gasteiger partial charge in [0, 0.05) is 11.1 Å². The highest BCUT2D eigenvalue weighted by Crippen LogP contribution is 2.27. The lowest BCUT2D eigenvalue weighted by Crippen LogP contribution is -2.08. The van der Waals surface area contributed by atoms with Crippen LogP contribution in [-0.4, -0.2) is 18.1 Å². The van der Waals surface area contributed by atoms with E-state index in [0.717, 1.165) is 6.07 Å². The summed E-state index contributed by atoms with van der Waals surface area (Å²) in [7, 11) is 1.20. The number of carbonyl (C=O) groups is 1. The standard InChI is InChI=1S/C10H9Cl2F2NO2/c1-17-8(16)3-5-2-6(10(13)14)7(4-11)15-9(5)12/h2,10H,3-4H2,1H3. The van der Waals surface area contributed by atoms with E-state index in [-0.39, 0.29) is 34.3 Å². The van der Waals surface area contributed by atoms with Gasteiger partial charge in [0.1, 0.15) is 5.15 Å². The second kappa shape index (κ2) is 6.12. The van der Waals surface area contributed by atoms with Gasteiger partial charge in [0.25, 0.3) is 6.43 Å². The molecule has 0 radical (unpaired) electrons. The van der Waals surface area contributed by atoms with Crippen LogP contribution in [0.4, 0.5) is 8.78 Å². The summed E-state index contributed by atoms with van der Waals surface area (Å²) < 4.78 is 29.8. The minimum Gasteiger partial charge on any atom is -0.469 e. The molecular weight excluding hydrogens is 275 g/mol. The van der Waals surface area contributed by atoms with Crippen LogP contribution in [0.3, 0.4) is 0 Å². The van der Waals surface area contributed by atoms with Gasteiger partial charge < -0.3 is 4.74 Å². The van der Waals surface area contributed by atoms with Gasteiger partial charge in [-0.2, -0.15) is 0 Å². The molecule has 0 saturated heterocycles. The molecule has 1 rings (SSSR count). The third-order valence-corrected chi connectivity index (χ3v) is 2.67. The number of hydrogen-bond donors (Lipinski definition) is 0. The number of nitrogens with zero attached hydrogens (tertiary/aromatic N) is 1. The topological polar surface area (TPSA) is 39.2 Å². The van der Waals surface area contributed by atoms with Crippen molar-refractivity contribution in [2.24, 2.45) is 0 Å². The number of alkyl halides is 3. The van der Waals surface area contributed by atoms with E-state index < -0.39 is 12.4 Å². The second-order valence-corrected chi connectivity index (χ2v) is 3.79. The molecule has 94 valence electrons. The first-order valence-electron chi connectivity index (χ1n) is 4.58. The Hall–Kier alpha value is -0.940. The Morgan fingerprint density at radius 2 is 2.24 bits per heavy atom. The summed E-state index contributed by atoms with van der Waals surface area (Å²) in [5.74, 6) is -0.745. The molecule has 0 unspecified atom stereocenters. The van der Waals surface area contributed by atoms with Crippen molar-refractivity contribution in [1.29, 1.82) is 0 Å². The lowest BCUT2D eigenvalue weighted by atomic mass is 10.1. The van der Waals surface area contributed by atoms with Crippen LogP contribution in [0.5, 0.6) is 0 Å². The SMILES string of the molecule is COC(=O)Cc1cc(C(F)F)c(CCl)nc1Cl. The van der Waals surface area contributed by atoms with Gasteiger partial charge >= 0.3 is 5.97 Å². The Balaban J connectivity index is 3.15. The summed E-state index contributed by atoms with van der Waals surface area (Å²) in [5, 5.41) is -0.0181. The predicted molar refractivity (Wildman–Crippen MR) is 59.5 cm³/mol. The average molecular weight is 284 g/mol. The zero-order chi connectivity index (χ0) is 13.0. The summed E-state index contributed by atoms with van der Waals surface area (Å²) in [6, 6.07) is 1.13. The Kier molecular flexibility index (Phi) is 5.08. The highest BCUT2D eigenvalue weighted by Gasteiger charge is 2.18. The van der Waals surface area contributed by atoms with Crippen LogP contribution >= 0.6 is 23.2 Å². The summed E-state index contributed by atoms with van der Waals surface area (Å²) in [5.41, 5.74) is -0.105. The first-order chi connectivity index (χ1) is 7.99. The first-order valence-corrected chi connectivity index (χ1v) is 5.50. The van der Waals surface area contributed by atoms with Gasteiger partial charge in [0.15, 0.2) is 0 Å². The van der Waals surface area contributed by atoms with Crippen LogP contribution in [0.15, 0.2) is 6.07 Å². The Morgan fingerprint density at radius 3 is 2.71 bits per heavy atom. The molecule has 0 N–H and O–H groups in total. The van der Waals surface area contributed by atoms with E-state index in [2.05, 4.69) is 9.72 Å². The molecule has 17 heavy (non-hydrogen) atoms. The highest BCUT2D eigenvalue weighted by atomic mass is 35.5. The molecular formula is C10H9Cl2F2NO2. The summed E-state index contributed by atoms with van der Waals surface area (Å²) in [4.78, 5) is 14.8. The fourth-order valence-corrected chi connectivity index (χ4v) is 1.67. The smallest absolute Gasteiger partial charge is 0.310 e. The Labute approximate surface area is 107 Å². The van der Waals surface area contributed by atoms with Crippen LogP contribution in [0.2, 0.25) is 5.15 Å². The van der Waals surface area contributed by atoms with Gasteiger partial charge in [-0.3, -0.25) is 4.79 Å². The van der Waals surface area contributed by atoms with E-state index >= 15 is 0 Å². The molecule has 0 aliphatic heterocycles. The van der Waals surface area contributed by atoms with Crippen molar-refractivity contribution in [3.05, 3.63) is 28.0 Å². The van der Waals surface area contributed by atoms with Crippen LogP contribution in [-0.2, 0) is 21.8 Å². The number of ether oxygens (including phenoxy) is 1. The number of methoxy groups -OCH3 is 1. The lowest BCUT2D eigenvalue weighted by molar-refractivity contribution is -0.139. The van der Waals surface area contributed by atoms with Gasteiger partial charge in [0.05, 0.1) is 25.1 Å². The van der Waals surface area contributed by atoms with Crippen molar-refractivity contribution >= 4 is 29.2 Å². The third kappa shape index (κ3) is 3.51. The Morgan fingerprint density at radius 1 is 1.59 bits per heavy atom. The van der Waals surface area contributed by atoms with Crippen molar-refractivity contribution in [1.82, 2.24) is 4.98 Å². The molecule has 0 atom stereocenters. The molecule has 1 heterocycles. The zero-order valence-corrected chi connectivity index (χ0v) is 10.4. The van der Waals surface area contributed by atoms with Crippen LogP contribution < -0.4 is 0 Å².